The molecule has 5 rings (SSSR count). The number of hydrogen-bond acceptors (Lipinski definition) is 2. The number of hydrogen-bond donors (Lipinski definition) is 2. The van der Waals surface area contributed by atoms with Gasteiger partial charge in [-0.15, -0.1) is 0 Å². The molecule has 5 aromatic rings. The van der Waals surface area contributed by atoms with Gasteiger partial charge in [0, 0.05) is 0 Å². The fourth-order valence-corrected chi connectivity index (χ4v) is 4.21. The van der Waals surface area contributed by atoms with Crippen LogP contribution in [0.2, 0.25) is 0 Å². The molecule has 0 unspecified atom stereocenters. The summed E-state index contributed by atoms with van der Waals surface area (Å²) in [5.74, 6) is 0. The van der Waals surface area contributed by atoms with E-state index in [4.69, 9.17) is 5.64 Å². The summed E-state index contributed by atoms with van der Waals surface area (Å²) in [7, 11) is -1.06. The number of rotatable bonds is 3. The van der Waals surface area contributed by atoms with Crippen LogP contribution in [0.5, 0.6) is 0 Å². The topological polar surface area (TPSA) is 46.2 Å². The Morgan fingerprint density at radius 2 is 1.10 bits per heavy atom. The van der Waals surface area contributed by atoms with E-state index in [1.807, 2.05) is 30.3 Å². The molecule has 0 saturated carbocycles. The van der Waals surface area contributed by atoms with Crippen molar-refractivity contribution in [1.29, 1.82) is 0 Å². The predicted molar refractivity (Wildman–Crippen MR) is 124 cm³/mol. The van der Waals surface area contributed by atoms with Crippen molar-refractivity contribution in [2.75, 3.05) is 0 Å². The van der Waals surface area contributed by atoms with Gasteiger partial charge in [0.15, 0.2) is 0 Å². The molecule has 0 atom stereocenters. The van der Waals surface area contributed by atoms with E-state index in [2.05, 4.69) is 72.8 Å². The normalized spacial score (nSPS) is 11.1. The van der Waals surface area contributed by atoms with Gasteiger partial charge in [-0.2, -0.15) is 0 Å². The minimum atomic E-state index is -1.06. The van der Waals surface area contributed by atoms with Crippen LogP contribution < -0.4 is 11.1 Å². The molecule has 138 valence electrons. The second kappa shape index (κ2) is 7.21. The Bertz CT molecular complexity index is 1330. The monoisotopic (exact) mass is 373 g/mol. The zero-order valence-electron chi connectivity index (χ0n) is 15.9. The minimum Gasteiger partial charge on any atom is -0.434 e. The van der Waals surface area contributed by atoms with Crippen LogP contribution in [-0.2, 0) is 0 Å². The van der Waals surface area contributed by atoms with Crippen molar-refractivity contribution in [3.05, 3.63) is 103 Å². The summed E-state index contributed by atoms with van der Waals surface area (Å²) in [5, 5.41) is 15.0. The molecule has 2 nitrogen and oxygen atoms in total. The third kappa shape index (κ3) is 3.01. The van der Waals surface area contributed by atoms with E-state index in [-0.39, 0.29) is 0 Å². The molecule has 0 fully saturated rings. The summed E-state index contributed by atoms with van der Waals surface area (Å²) < 4.78 is 0. The van der Waals surface area contributed by atoms with Crippen molar-refractivity contribution in [2.45, 2.75) is 0 Å². The second-order valence-corrected chi connectivity index (χ2v) is 7.27. The van der Waals surface area contributed by atoms with Gasteiger partial charge in [0.2, 0.25) is 0 Å². The van der Waals surface area contributed by atoms with Crippen molar-refractivity contribution < 1.29 is 5.02 Å². The third-order valence-corrected chi connectivity index (χ3v) is 5.54. The standard InChI is InChI=1S/C26H20BNO/c28-27(29)24-17-15-20-11-5-7-13-22(20)26(24)25-21-12-6-4-10-19(21)14-16-23(25)18-8-2-1-3-9-18/h1-17,29H,28H2. The highest BCUT2D eigenvalue weighted by Crippen LogP contribution is 2.40. The first-order chi connectivity index (χ1) is 14.2. The zero-order chi connectivity index (χ0) is 19.8. The van der Waals surface area contributed by atoms with Crippen LogP contribution >= 0.6 is 0 Å². The first-order valence-corrected chi connectivity index (χ1v) is 9.77. The molecule has 5 aromatic carbocycles. The summed E-state index contributed by atoms with van der Waals surface area (Å²) in [5.41, 5.74) is 11.1. The van der Waals surface area contributed by atoms with E-state index in [1.54, 1.807) is 0 Å². The fourth-order valence-electron chi connectivity index (χ4n) is 4.21. The quantitative estimate of drug-likeness (QED) is 0.439. The van der Waals surface area contributed by atoms with Crippen molar-refractivity contribution >= 4 is 34.1 Å². The summed E-state index contributed by atoms with van der Waals surface area (Å²) in [6, 6.07) is 35.3. The highest BCUT2D eigenvalue weighted by atomic mass is 16.2. The molecule has 3 N–H and O–H groups in total. The molecule has 0 saturated heterocycles. The van der Waals surface area contributed by atoms with Crippen molar-refractivity contribution in [2.24, 2.45) is 5.64 Å². The third-order valence-electron chi connectivity index (χ3n) is 5.54. The van der Waals surface area contributed by atoms with Gasteiger partial charge in [-0.25, -0.2) is 0 Å². The van der Waals surface area contributed by atoms with Gasteiger partial charge in [0.05, 0.1) is 0 Å². The first kappa shape index (κ1) is 17.7. The van der Waals surface area contributed by atoms with E-state index in [0.29, 0.717) is 0 Å². The molecule has 0 heterocycles. The van der Waals surface area contributed by atoms with E-state index >= 15 is 0 Å². The van der Waals surface area contributed by atoms with Crippen LogP contribution in [0.4, 0.5) is 0 Å². The summed E-state index contributed by atoms with van der Waals surface area (Å²) in [4.78, 5) is 0. The largest absolute Gasteiger partial charge is 0.434 e. The molecule has 0 aliphatic rings. The van der Waals surface area contributed by atoms with E-state index in [1.165, 1.54) is 0 Å². The maximum Gasteiger partial charge on any atom is 0.411 e. The van der Waals surface area contributed by atoms with Crippen LogP contribution in [0.25, 0.3) is 43.8 Å². The Hall–Kier alpha value is -3.40. The van der Waals surface area contributed by atoms with Crippen LogP contribution in [0, 0.1) is 0 Å². The molecule has 0 radical (unpaired) electrons. The molecule has 29 heavy (non-hydrogen) atoms. The Morgan fingerprint density at radius 1 is 0.552 bits per heavy atom. The van der Waals surface area contributed by atoms with Crippen molar-refractivity contribution in [3.8, 4) is 22.3 Å². The summed E-state index contributed by atoms with van der Waals surface area (Å²) >= 11 is 0. The van der Waals surface area contributed by atoms with Gasteiger partial charge in [-0.3, -0.25) is 0 Å². The first-order valence-electron chi connectivity index (χ1n) is 9.77. The van der Waals surface area contributed by atoms with Gasteiger partial charge in [0.1, 0.15) is 0 Å². The van der Waals surface area contributed by atoms with Gasteiger partial charge < -0.3 is 10.7 Å². The van der Waals surface area contributed by atoms with Gasteiger partial charge in [0.25, 0.3) is 0 Å². The molecule has 0 aliphatic heterocycles. The Morgan fingerprint density at radius 3 is 1.76 bits per heavy atom. The Kier molecular flexibility index (Phi) is 4.40. The van der Waals surface area contributed by atoms with Crippen LogP contribution in [-0.4, -0.2) is 12.1 Å². The van der Waals surface area contributed by atoms with Crippen LogP contribution in [0.1, 0.15) is 0 Å². The maximum absolute atomic E-state index is 10.4. The molecule has 0 spiro atoms. The average molecular weight is 373 g/mol. The van der Waals surface area contributed by atoms with E-state index < -0.39 is 7.05 Å². The zero-order valence-corrected chi connectivity index (χ0v) is 15.9. The number of nitrogens with two attached hydrogens (primary N) is 1. The summed E-state index contributed by atoms with van der Waals surface area (Å²) in [6.07, 6.45) is 0. The van der Waals surface area contributed by atoms with Crippen LogP contribution in [0.3, 0.4) is 0 Å². The fraction of sp³-hybridized carbons (Fsp3) is 0. The molecule has 0 amide bonds. The Balaban J connectivity index is 1.99. The highest BCUT2D eigenvalue weighted by molar-refractivity contribution is 6.65. The average Bonchev–Trinajstić information content (AvgIpc) is 2.78. The molecule has 0 bridgehead atoms. The highest BCUT2D eigenvalue weighted by Gasteiger charge is 2.21. The summed E-state index contributed by atoms with van der Waals surface area (Å²) in [6.45, 7) is 0. The lowest BCUT2D eigenvalue weighted by Crippen LogP contribution is -2.41. The molecule has 3 heteroatoms. The molecular weight excluding hydrogens is 353 g/mol. The maximum atomic E-state index is 10.4. The lowest BCUT2D eigenvalue weighted by atomic mass is 9.69. The van der Waals surface area contributed by atoms with Crippen molar-refractivity contribution in [1.82, 2.24) is 0 Å². The van der Waals surface area contributed by atoms with Crippen LogP contribution in [0.15, 0.2) is 103 Å². The lowest BCUT2D eigenvalue weighted by Gasteiger charge is -2.20. The second-order valence-electron chi connectivity index (χ2n) is 7.27. The number of fused-ring (bicyclic) bond motifs is 2. The van der Waals surface area contributed by atoms with Gasteiger partial charge >= 0.3 is 7.05 Å². The SMILES string of the molecule is NB(O)c1ccc2ccccc2c1-c1c(-c2ccccc2)ccc2ccccc12. The molecule has 0 aliphatic carbocycles. The molecule has 0 aromatic heterocycles. The lowest BCUT2D eigenvalue weighted by molar-refractivity contribution is 0.588. The Labute approximate surface area is 170 Å². The smallest absolute Gasteiger partial charge is 0.411 e. The van der Waals surface area contributed by atoms with E-state index in [0.717, 1.165) is 49.3 Å². The van der Waals surface area contributed by atoms with Gasteiger partial charge in [-0.05, 0) is 49.3 Å². The number of benzene rings is 5. The van der Waals surface area contributed by atoms with Crippen molar-refractivity contribution in [3.63, 3.8) is 0 Å². The predicted octanol–water partition coefficient (Wildman–Crippen LogP) is 4.97. The van der Waals surface area contributed by atoms with Gasteiger partial charge in [-0.1, -0.05) is 103 Å². The minimum absolute atomic E-state index is 0.734. The molecular formula is C26H20BNO. The van der Waals surface area contributed by atoms with E-state index in [9.17, 15) is 5.02 Å².